The monoisotopic (exact) mass is 360 g/mol. The Morgan fingerprint density at radius 1 is 1.33 bits per heavy atom. The number of fused-ring (bicyclic) bond motifs is 3. The molecule has 4 rings (SSSR count). The number of likely N-dealkylation sites (N-methyl/N-ethyl adjacent to an activating group) is 1. The van der Waals surface area contributed by atoms with E-state index in [9.17, 15) is 5.53 Å². The van der Waals surface area contributed by atoms with Crippen molar-refractivity contribution in [1.82, 2.24) is 14.5 Å². The van der Waals surface area contributed by atoms with E-state index in [4.69, 9.17) is 0 Å². The summed E-state index contributed by atoms with van der Waals surface area (Å²) in [4.78, 5) is 9.76. The van der Waals surface area contributed by atoms with E-state index in [0.29, 0.717) is 6.54 Å². The maximum atomic E-state index is 9.24. The second-order valence-corrected chi connectivity index (χ2v) is 7.72. The lowest BCUT2D eigenvalue weighted by molar-refractivity contribution is 0.305. The van der Waals surface area contributed by atoms with Crippen molar-refractivity contribution in [1.29, 1.82) is 0 Å². The van der Waals surface area contributed by atoms with Crippen molar-refractivity contribution in [2.75, 3.05) is 13.6 Å². The SMILES string of the molecule is Cc1ccc2c(c1)c1c(n2CC(C)(N=[N+]=[N-])c2cccnc2)CCN(C)C1. The zero-order valence-corrected chi connectivity index (χ0v) is 16.1. The third kappa shape index (κ3) is 3.07. The molecule has 0 bridgehead atoms. The Morgan fingerprint density at radius 2 is 2.19 bits per heavy atom. The van der Waals surface area contributed by atoms with Crippen molar-refractivity contribution < 1.29 is 0 Å². The Morgan fingerprint density at radius 3 is 2.93 bits per heavy atom. The second-order valence-electron chi connectivity index (χ2n) is 7.72. The molecular formula is C21H24N6. The minimum Gasteiger partial charge on any atom is -0.343 e. The molecule has 0 N–H and O–H groups in total. The van der Waals surface area contributed by atoms with Gasteiger partial charge in [0.25, 0.3) is 0 Å². The molecule has 0 saturated heterocycles. The maximum absolute atomic E-state index is 9.24. The van der Waals surface area contributed by atoms with E-state index in [0.717, 1.165) is 25.1 Å². The quantitative estimate of drug-likeness (QED) is 0.389. The topological polar surface area (TPSA) is 69.8 Å². The third-order valence-electron chi connectivity index (χ3n) is 5.62. The summed E-state index contributed by atoms with van der Waals surface area (Å²) in [5.41, 5.74) is 14.7. The van der Waals surface area contributed by atoms with E-state index in [1.54, 1.807) is 12.4 Å². The summed E-state index contributed by atoms with van der Waals surface area (Å²) in [7, 11) is 2.17. The van der Waals surface area contributed by atoms with Crippen LogP contribution >= 0.6 is 0 Å². The molecule has 0 saturated carbocycles. The first-order valence-corrected chi connectivity index (χ1v) is 9.28. The van der Waals surface area contributed by atoms with Gasteiger partial charge < -0.3 is 9.47 Å². The van der Waals surface area contributed by atoms with Gasteiger partial charge in [0.05, 0.1) is 5.54 Å². The van der Waals surface area contributed by atoms with Crippen LogP contribution in [0.25, 0.3) is 21.3 Å². The van der Waals surface area contributed by atoms with Crippen molar-refractivity contribution in [2.24, 2.45) is 5.11 Å². The van der Waals surface area contributed by atoms with Crippen LogP contribution in [0.5, 0.6) is 0 Å². The van der Waals surface area contributed by atoms with Crippen LogP contribution in [0.1, 0.15) is 29.3 Å². The van der Waals surface area contributed by atoms with Crippen molar-refractivity contribution in [3.8, 4) is 0 Å². The normalized spacial score (nSPS) is 16.6. The Hall–Kier alpha value is -2.82. The van der Waals surface area contributed by atoms with Gasteiger partial charge in [0.1, 0.15) is 0 Å². The highest BCUT2D eigenvalue weighted by Gasteiger charge is 2.30. The first-order chi connectivity index (χ1) is 13.0. The predicted molar refractivity (Wildman–Crippen MR) is 107 cm³/mol. The Labute approximate surface area is 159 Å². The molecule has 0 amide bonds. The molecule has 27 heavy (non-hydrogen) atoms. The molecule has 1 unspecified atom stereocenters. The summed E-state index contributed by atoms with van der Waals surface area (Å²) in [6.45, 7) is 6.71. The second kappa shape index (κ2) is 6.72. The first-order valence-electron chi connectivity index (χ1n) is 9.28. The Balaban J connectivity index is 1.90. The molecule has 3 heterocycles. The first kappa shape index (κ1) is 17.6. The molecule has 1 aliphatic rings. The molecule has 6 heteroatoms. The number of aromatic nitrogens is 2. The van der Waals surface area contributed by atoms with Crippen LogP contribution in [0.2, 0.25) is 0 Å². The van der Waals surface area contributed by atoms with E-state index < -0.39 is 5.54 Å². The van der Waals surface area contributed by atoms with Gasteiger partial charge in [0.15, 0.2) is 0 Å². The molecule has 0 aliphatic carbocycles. The lowest BCUT2D eigenvalue weighted by Crippen LogP contribution is -2.30. The van der Waals surface area contributed by atoms with E-state index in [-0.39, 0.29) is 0 Å². The molecule has 6 nitrogen and oxygen atoms in total. The summed E-state index contributed by atoms with van der Waals surface area (Å²) in [6, 6.07) is 10.5. The number of nitrogens with zero attached hydrogens (tertiary/aromatic N) is 6. The van der Waals surface area contributed by atoms with Gasteiger partial charge in [0.2, 0.25) is 0 Å². The van der Waals surface area contributed by atoms with Crippen LogP contribution in [0.3, 0.4) is 0 Å². The van der Waals surface area contributed by atoms with E-state index in [1.165, 1.54) is 27.7 Å². The van der Waals surface area contributed by atoms with Crippen molar-refractivity contribution in [2.45, 2.75) is 38.9 Å². The van der Waals surface area contributed by atoms with E-state index in [1.807, 2.05) is 19.1 Å². The van der Waals surface area contributed by atoms with Crippen LogP contribution < -0.4 is 0 Å². The average molecular weight is 360 g/mol. The molecule has 0 radical (unpaired) electrons. The summed E-state index contributed by atoms with van der Waals surface area (Å²) in [6.07, 6.45) is 4.54. The van der Waals surface area contributed by atoms with Gasteiger partial charge in [-0.25, -0.2) is 0 Å². The molecule has 0 spiro atoms. The summed E-state index contributed by atoms with van der Waals surface area (Å²) in [5, 5.41) is 5.51. The molecule has 1 aliphatic heterocycles. The lowest BCUT2D eigenvalue weighted by Gasteiger charge is -2.29. The van der Waals surface area contributed by atoms with E-state index in [2.05, 4.69) is 56.6 Å². The van der Waals surface area contributed by atoms with Gasteiger partial charge >= 0.3 is 0 Å². The Kier molecular flexibility index (Phi) is 4.38. The minimum atomic E-state index is -0.697. The van der Waals surface area contributed by atoms with Gasteiger partial charge in [-0.2, -0.15) is 0 Å². The van der Waals surface area contributed by atoms with Gasteiger partial charge in [-0.15, -0.1) is 0 Å². The average Bonchev–Trinajstić information content (AvgIpc) is 2.95. The van der Waals surface area contributed by atoms with Gasteiger partial charge in [-0.05, 0) is 55.8 Å². The molecule has 1 atom stereocenters. The highest BCUT2D eigenvalue weighted by atomic mass is 15.2. The standard InChI is InChI=1S/C21H24N6/c1-15-6-7-19-17(11-15)18-13-26(3)10-8-20(18)27(19)14-21(2,24-25-22)16-5-4-9-23-12-16/h4-7,9,11-12H,8,10,13-14H2,1-3H3. The predicted octanol–water partition coefficient (Wildman–Crippen LogP) is 4.56. The van der Waals surface area contributed by atoms with Crippen LogP contribution in [0.4, 0.5) is 0 Å². The smallest absolute Gasteiger partial charge is 0.0903 e. The highest BCUT2D eigenvalue weighted by molar-refractivity contribution is 5.86. The summed E-state index contributed by atoms with van der Waals surface area (Å²) < 4.78 is 2.36. The molecule has 138 valence electrons. The largest absolute Gasteiger partial charge is 0.343 e. The molecule has 3 aromatic rings. The van der Waals surface area contributed by atoms with Crippen LogP contribution in [0, 0.1) is 6.92 Å². The highest BCUT2D eigenvalue weighted by Crippen LogP contribution is 2.35. The van der Waals surface area contributed by atoms with Gasteiger partial charge in [-0.3, -0.25) is 4.98 Å². The molecular weight excluding hydrogens is 336 g/mol. The summed E-state index contributed by atoms with van der Waals surface area (Å²) >= 11 is 0. The van der Waals surface area contributed by atoms with Crippen LogP contribution in [0.15, 0.2) is 47.8 Å². The molecule has 1 aromatic carbocycles. The lowest BCUT2D eigenvalue weighted by atomic mass is 9.94. The molecule has 0 fully saturated rings. The van der Waals surface area contributed by atoms with Gasteiger partial charge in [0, 0.05) is 60.0 Å². The fourth-order valence-electron chi connectivity index (χ4n) is 4.15. The van der Waals surface area contributed by atoms with Crippen molar-refractivity contribution in [3.63, 3.8) is 0 Å². The van der Waals surface area contributed by atoms with Crippen LogP contribution in [-0.2, 0) is 25.0 Å². The zero-order chi connectivity index (χ0) is 19.0. The molecule has 2 aromatic heterocycles. The van der Waals surface area contributed by atoms with E-state index >= 15 is 0 Å². The zero-order valence-electron chi connectivity index (χ0n) is 16.1. The number of azide groups is 1. The minimum absolute atomic E-state index is 0.599. The van der Waals surface area contributed by atoms with Crippen molar-refractivity contribution >= 4 is 10.9 Å². The van der Waals surface area contributed by atoms with Crippen LogP contribution in [-0.4, -0.2) is 28.0 Å². The number of aryl methyl sites for hydroxylation is 1. The number of benzene rings is 1. The number of pyridine rings is 1. The fraction of sp³-hybridized carbons (Fsp3) is 0.381. The maximum Gasteiger partial charge on any atom is 0.0903 e. The Bertz CT molecular complexity index is 1030. The van der Waals surface area contributed by atoms with Gasteiger partial charge in [-0.1, -0.05) is 22.8 Å². The summed E-state index contributed by atoms with van der Waals surface area (Å²) in [5.74, 6) is 0. The fourth-order valence-corrected chi connectivity index (χ4v) is 4.15. The number of hydrogen-bond donors (Lipinski definition) is 0. The number of hydrogen-bond acceptors (Lipinski definition) is 3. The number of rotatable bonds is 4. The third-order valence-corrected chi connectivity index (χ3v) is 5.62. The van der Waals surface area contributed by atoms with Crippen molar-refractivity contribution in [3.05, 3.63) is 75.6 Å².